The van der Waals surface area contributed by atoms with Crippen molar-refractivity contribution in [3.05, 3.63) is 62.4 Å². The number of benzene rings is 1. The van der Waals surface area contributed by atoms with Gasteiger partial charge in [0.05, 0.1) is 19.2 Å². The number of nitrogens with two attached hydrogens (primary N) is 1. The first-order valence-electron chi connectivity index (χ1n) is 6.17. The fourth-order valence-corrected chi connectivity index (χ4v) is 2.12. The van der Waals surface area contributed by atoms with Crippen molar-refractivity contribution in [2.75, 3.05) is 7.11 Å². The Labute approximate surface area is 126 Å². The van der Waals surface area contributed by atoms with Gasteiger partial charge in [0.15, 0.2) is 0 Å². The fraction of sp³-hybridized carbons (Fsp3) is 0.214. The first-order chi connectivity index (χ1) is 9.93. The Bertz CT molecular complexity index is 808. The van der Waals surface area contributed by atoms with Gasteiger partial charge in [0.2, 0.25) is 0 Å². The molecule has 2 rings (SSSR count). The predicted octanol–water partition coefficient (Wildman–Crippen LogP) is 0.238. The lowest BCUT2D eigenvalue weighted by atomic mass is 10.1. The van der Waals surface area contributed by atoms with Gasteiger partial charge >= 0.3 is 11.1 Å². The molecule has 0 bridgehead atoms. The fourth-order valence-electron chi connectivity index (χ4n) is 1.95. The first-order valence-corrected chi connectivity index (χ1v) is 6.57. The number of ether oxygens (including phenoxy) is 1. The van der Waals surface area contributed by atoms with Crippen molar-refractivity contribution in [1.29, 1.82) is 0 Å². The van der Waals surface area contributed by atoms with Crippen molar-refractivity contribution in [1.82, 2.24) is 9.13 Å². The molecule has 0 aliphatic carbocycles. The Morgan fingerprint density at radius 1 is 1.29 bits per heavy atom. The second-order valence-electron chi connectivity index (χ2n) is 4.55. The zero-order chi connectivity index (χ0) is 15.6. The van der Waals surface area contributed by atoms with Crippen molar-refractivity contribution >= 4 is 17.2 Å². The van der Waals surface area contributed by atoms with E-state index in [0.29, 0.717) is 11.3 Å². The molecule has 0 atom stereocenters. The molecule has 6 nitrogen and oxygen atoms in total. The first kappa shape index (κ1) is 15.0. The maximum Gasteiger partial charge on any atom is 0.316 e. The summed E-state index contributed by atoms with van der Waals surface area (Å²) in [5.74, 6) is 0.539. The van der Waals surface area contributed by atoms with E-state index in [-0.39, 0.29) is 11.5 Å². The second kappa shape index (κ2) is 5.92. The minimum atomic E-state index is -0.572. The largest absolute Gasteiger partial charge is 0.496 e. The van der Waals surface area contributed by atoms with Crippen LogP contribution in [-0.4, -0.2) is 21.2 Å². The van der Waals surface area contributed by atoms with Gasteiger partial charge in [-0.25, -0.2) is 0 Å². The van der Waals surface area contributed by atoms with Gasteiger partial charge in [-0.05, 0) is 17.7 Å². The van der Waals surface area contributed by atoms with Gasteiger partial charge < -0.3 is 19.6 Å². The molecule has 110 valence electrons. The Morgan fingerprint density at radius 2 is 2.00 bits per heavy atom. The number of nitrogens with zero attached hydrogens (tertiary/aromatic N) is 2. The molecule has 7 heteroatoms. The third-order valence-corrected chi connectivity index (χ3v) is 3.34. The van der Waals surface area contributed by atoms with Gasteiger partial charge in [0, 0.05) is 19.4 Å². The summed E-state index contributed by atoms with van der Waals surface area (Å²) in [6, 6.07) is 5.28. The highest BCUT2D eigenvalue weighted by molar-refractivity contribution is 7.80. The lowest BCUT2D eigenvalue weighted by molar-refractivity contribution is 0.413. The quantitative estimate of drug-likeness (QED) is 0.646. The molecule has 2 N–H and O–H groups in total. The minimum Gasteiger partial charge on any atom is -0.496 e. The molecular weight excluding hydrogens is 290 g/mol. The second-order valence-corrected chi connectivity index (χ2v) is 4.99. The number of thiocarbonyl (C=S) groups is 1. The number of methoxy groups -OCH3 is 1. The van der Waals surface area contributed by atoms with Crippen molar-refractivity contribution < 1.29 is 4.74 Å². The van der Waals surface area contributed by atoms with Gasteiger partial charge in [0.1, 0.15) is 10.7 Å². The van der Waals surface area contributed by atoms with Gasteiger partial charge in [-0.1, -0.05) is 18.3 Å². The van der Waals surface area contributed by atoms with Gasteiger partial charge in [-0.2, -0.15) is 0 Å². The van der Waals surface area contributed by atoms with Crippen LogP contribution in [0.1, 0.15) is 11.1 Å². The number of hydrogen-bond donors (Lipinski definition) is 1. The molecule has 0 fully saturated rings. The third kappa shape index (κ3) is 3.03. The van der Waals surface area contributed by atoms with E-state index in [1.807, 2.05) is 0 Å². The van der Waals surface area contributed by atoms with Crippen LogP contribution in [0.15, 0.2) is 40.2 Å². The molecular formula is C14H15N3O3S. The van der Waals surface area contributed by atoms with Crippen LogP contribution in [0, 0.1) is 0 Å². The number of rotatable bonds is 4. The molecule has 0 spiro atoms. The highest BCUT2D eigenvalue weighted by atomic mass is 32.1. The lowest BCUT2D eigenvalue weighted by Crippen LogP contribution is -2.39. The lowest BCUT2D eigenvalue weighted by Gasteiger charge is -2.11. The maximum atomic E-state index is 11.9. The van der Waals surface area contributed by atoms with Crippen molar-refractivity contribution in [3.8, 4) is 5.75 Å². The molecule has 0 unspecified atom stereocenters. The smallest absolute Gasteiger partial charge is 0.316 e. The average Bonchev–Trinajstić information content (AvgIpc) is 2.47. The SMILES string of the molecule is COc1cc(Cn2ccn(C)c(=O)c2=O)ccc1C(N)=S. The van der Waals surface area contributed by atoms with Gasteiger partial charge in [-0.3, -0.25) is 9.59 Å². The monoisotopic (exact) mass is 305 g/mol. The summed E-state index contributed by atoms with van der Waals surface area (Å²) in [5, 5.41) is 0. The molecule has 0 amide bonds. The highest BCUT2D eigenvalue weighted by Gasteiger charge is 2.08. The van der Waals surface area contributed by atoms with E-state index in [9.17, 15) is 9.59 Å². The molecule has 0 saturated carbocycles. The summed E-state index contributed by atoms with van der Waals surface area (Å²) >= 11 is 4.94. The van der Waals surface area contributed by atoms with Crippen LogP contribution in [0.5, 0.6) is 5.75 Å². The highest BCUT2D eigenvalue weighted by Crippen LogP contribution is 2.20. The summed E-state index contributed by atoms with van der Waals surface area (Å²) in [6.07, 6.45) is 3.11. The van der Waals surface area contributed by atoms with Crippen LogP contribution in [-0.2, 0) is 13.6 Å². The summed E-state index contributed by atoms with van der Waals surface area (Å²) in [5.41, 5.74) is 5.91. The van der Waals surface area contributed by atoms with Crippen LogP contribution in [0.3, 0.4) is 0 Å². The van der Waals surface area contributed by atoms with Crippen LogP contribution in [0.25, 0.3) is 0 Å². The molecule has 0 radical (unpaired) electrons. The van der Waals surface area contributed by atoms with E-state index < -0.39 is 11.1 Å². The van der Waals surface area contributed by atoms with Crippen LogP contribution in [0.4, 0.5) is 0 Å². The minimum absolute atomic E-state index is 0.240. The molecule has 1 aromatic carbocycles. The van der Waals surface area contributed by atoms with Crippen LogP contribution >= 0.6 is 12.2 Å². The molecule has 2 aromatic rings. The molecule has 0 saturated heterocycles. The maximum absolute atomic E-state index is 11.9. The van der Waals surface area contributed by atoms with E-state index in [2.05, 4.69) is 0 Å². The van der Waals surface area contributed by atoms with E-state index >= 15 is 0 Å². The number of hydrogen-bond acceptors (Lipinski definition) is 4. The summed E-state index contributed by atoms with van der Waals surface area (Å²) in [7, 11) is 3.05. The van der Waals surface area contributed by atoms with Crippen molar-refractivity contribution in [2.45, 2.75) is 6.54 Å². The van der Waals surface area contributed by atoms with Gasteiger partial charge in [-0.15, -0.1) is 0 Å². The topological polar surface area (TPSA) is 79.2 Å². The normalized spacial score (nSPS) is 10.4. The van der Waals surface area contributed by atoms with Crippen LogP contribution < -0.4 is 21.6 Å². The zero-order valence-corrected chi connectivity index (χ0v) is 12.5. The molecule has 21 heavy (non-hydrogen) atoms. The average molecular weight is 305 g/mol. The summed E-state index contributed by atoms with van der Waals surface area (Å²) in [6.45, 7) is 0.267. The Hall–Kier alpha value is -2.41. The van der Waals surface area contributed by atoms with E-state index in [0.717, 1.165) is 5.56 Å². The predicted molar refractivity (Wildman–Crippen MR) is 83.9 cm³/mol. The van der Waals surface area contributed by atoms with Gasteiger partial charge in [0.25, 0.3) is 0 Å². The standard InChI is InChI=1S/C14H15N3O3S/c1-16-5-6-17(14(19)13(16)18)8-9-3-4-10(12(15)21)11(7-9)20-2/h3-7H,8H2,1-2H3,(H2,15,21). The number of aryl methyl sites for hydroxylation is 1. The molecule has 0 aliphatic heterocycles. The van der Waals surface area contributed by atoms with E-state index in [4.69, 9.17) is 22.7 Å². The van der Waals surface area contributed by atoms with Crippen molar-refractivity contribution in [3.63, 3.8) is 0 Å². The third-order valence-electron chi connectivity index (χ3n) is 3.12. The molecule has 0 aliphatic rings. The Morgan fingerprint density at radius 3 is 2.62 bits per heavy atom. The van der Waals surface area contributed by atoms with Crippen molar-refractivity contribution in [2.24, 2.45) is 12.8 Å². The molecule has 1 aromatic heterocycles. The molecule has 1 heterocycles. The van der Waals surface area contributed by atoms with E-state index in [1.54, 1.807) is 30.6 Å². The zero-order valence-electron chi connectivity index (χ0n) is 11.7. The van der Waals surface area contributed by atoms with Crippen LogP contribution in [0.2, 0.25) is 0 Å². The summed E-state index contributed by atoms with van der Waals surface area (Å²) < 4.78 is 7.83. The summed E-state index contributed by atoms with van der Waals surface area (Å²) in [4.78, 5) is 23.7. The Kier molecular flexibility index (Phi) is 4.23. The van der Waals surface area contributed by atoms with E-state index in [1.165, 1.54) is 23.3 Å². The Balaban J connectivity index is 2.41. The number of aromatic nitrogens is 2.